The summed E-state index contributed by atoms with van der Waals surface area (Å²) in [5.41, 5.74) is -0.187. The summed E-state index contributed by atoms with van der Waals surface area (Å²) in [7, 11) is 0. The fraction of sp³-hybridized carbons (Fsp3) is 0.348. The summed E-state index contributed by atoms with van der Waals surface area (Å²) >= 11 is 0. The van der Waals surface area contributed by atoms with Gasteiger partial charge in [0.25, 0.3) is 5.91 Å². The van der Waals surface area contributed by atoms with Crippen molar-refractivity contribution >= 4 is 16.9 Å². The molecule has 3 heterocycles. The Kier molecular flexibility index (Phi) is 5.70. The number of piperidine rings is 1. The molecule has 1 fully saturated rings. The second-order valence-electron chi connectivity index (χ2n) is 7.61. The predicted molar refractivity (Wildman–Crippen MR) is 112 cm³/mol. The van der Waals surface area contributed by atoms with Crippen molar-refractivity contribution in [2.45, 2.75) is 38.9 Å². The molecule has 0 saturated carbocycles. The van der Waals surface area contributed by atoms with Crippen molar-refractivity contribution in [3.63, 3.8) is 0 Å². The van der Waals surface area contributed by atoms with E-state index in [4.69, 9.17) is 13.9 Å². The molecule has 7 heteroatoms. The van der Waals surface area contributed by atoms with Crippen LogP contribution in [0.25, 0.3) is 11.0 Å². The van der Waals surface area contributed by atoms with Crippen molar-refractivity contribution in [3.8, 4) is 11.5 Å². The van der Waals surface area contributed by atoms with E-state index >= 15 is 0 Å². The number of hydrogen-bond donors (Lipinski definition) is 0. The largest absolute Gasteiger partial charge is 0.491 e. The molecular formula is C23H24N2O5. The summed E-state index contributed by atoms with van der Waals surface area (Å²) in [6.45, 7) is 4.88. The zero-order valence-electron chi connectivity index (χ0n) is 17.0. The molecular weight excluding hydrogens is 384 g/mol. The molecule has 0 atom stereocenters. The van der Waals surface area contributed by atoms with E-state index in [1.54, 1.807) is 41.6 Å². The molecule has 0 unspecified atom stereocenters. The first-order chi connectivity index (χ1) is 14.5. The smallest absolute Gasteiger partial charge is 0.349 e. The molecule has 1 aliphatic rings. The highest BCUT2D eigenvalue weighted by Crippen LogP contribution is 2.23. The van der Waals surface area contributed by atoms with Crippen LogP contribution in [-0.2, 0) is 0 Å². The maximum absolute atomic E-state index is 12.9. The minimum atomic E-state index is -0.636. The van der Waals surface area contributed by atoms with Crippen LogP contribution in [0, 0.1) is 0 Å². The van der Waals surface area contributed by atoms with E-state index in [0.29, 0.717) is 42.6 Å². The fourth-order valence-corrected chi connectivity index (χ4v) is 3.54. The molecule has 0 spiro atoms. The number of rotatable bonds is 5. The van der Waals surface area contributed by atoms with Crippen LogP contribution in [-0.4, -0.2) is 41.1 Å². The van der Waals surface area contributed by atoms with Gasteiger partial charge in [0, 0.05) is 43.6 Å². The number of carbonyl (C=O) groups excluding carboxylic acids is 1. The van der Waals surface area contributed by atoms with Crippen LogP contribution in [0.15, 0.2) is 58.0 Å². The van der Waals surface area contributed by atoms with Crippen LogP contribution >= 0.6 is 0 Å². The number of nitrogens with zero attached hydrogens (tertiary/aromatic N) is 2. The fourth-order valence-electron chi connectivity index (χ4n) is 3.54. The first kappa shape index (κ1) is 19.9. The minimum absolute atomic E-state index is 0.0140. The molecule has 156 valence electrons. The van der Waals surface area contributed by atoms with Gasteiger partial charge in [-0.25, -0.2) is 4.79 Å². The van der Waals surface area contributed by atoms with E-state index in [2.05, 4.69) is 4.98 Å². The normalized spacial score (nSPS) is 14.8. The number of pyridine rings is 1. The third kappa shape index (κ3) is 4.45. The van der Waals surface area contributed by atoms with E-state index in [-0.39, 0.29) is 23.7 Å². The van der Waals surface area contributed by atoms with Crippen molar-refractivity contribution in [1.29, 1.82) is 0 Å². The number of ether oxygens (including phenoxy) is 2. The van der Waals surface area contributed by atoms with E-state index in [1.165, 1.54) is 0 Å². The standard InChI is InChI=1S/C23H24N2O5/c1-15(2)28-18-6-5-16-12-20(23(27)30-21(16)13-18)22(26)25-10-7-17(8-11-25)29-19-4-3-9-24-14-19/h3-6,9,12-15,17H,7-8,10-11H2,1-2H3. The summed E-state index contributed by atoms with van der Waals surface area (Å²) in [6, 6.07) is 10.6. The molecule has 1 amide bonds. The SMILES string of the molecule is CC(C)Oc1ccc2cc(C(=O)N3CCC(Oc4cccnc4)CC3)c(=O)oc2c1. The zero-order valence-corrected chi connectivity index (χ0v) is 17.0. The summed E-state index contributed by atoms with van der Waals surface area (Å²) in [4.78, 5) is 31.1. The Bertz CT molecular complexity index is 1090. The Labute approximate surface area is 174 Å². The van der Waals surface area contributed by atoms with Gasteiger partial charge in [-0.15, -0.1) is 0 Å². The lowest BCUT2D eigenvalue weighted by molar-refractivity contribution is 0.0591. The van der Waals surface area contributed by atoms with Crippen LogP contribution in [0.3, 0.4) is 0 Å². The van der Waals surface area contributed by atoms with E-state index in [0.717, 1.165) is 5.75 Å². The highest BCUT2D eigenvalue weighted by molar-refractivity contribution is 5.96. The molecule has 0 aliphatic carbocycles. The number of amides is 1. The van der Waals surface area contributed by atoms with Crippen molar-refractivity contribution < 1.29 is 18.7 Å². The van der Waals surface area contributed by atoms with Gasteiger partial charge >= 0.3 is 5.63 Å². The summed E-state index contributed by atoms with van der Waals surface area (Å²) < 4.78 is 17.0. The average molecular weight is 408 g/mol. The molecule has 1 aliphatic heterocycles. The maximum atomic E-state index is 12.9. The number of aromatic nitrogens is 1. The minimum Gasteiger partial charge on any atom is -0.491 e. The number of fused-ring (bicyclic) bond motifs is 1. The van der Waals surface area contributed by atoms with Crippen molar-refractivity contribution in [1.82, 2.24) is 9.88 Å². The quantitative estimate of drug-likeness (QED) is 0.599. The summed E-state index contributed by atoms with van der Waals surface area (Å²) in [5, 5.41) is 0.684. The van der Waals surface area contributed by atoms with E-state index in [1.807, 2.05) is 26.0 Å². The number of hydrogen-bond acceptors (Lipinski definition) is 6. The van der Waals surface area contributed by atoms with Crippen LogP contribution in [0.4, 0.5) is 0 Å². The molecule has 30 heavy (non-hydrogen) atoms. The van der Waals surface area contributed by atoms with Crippen LogP contribution in [0.1, 0.15) is 37.0 Å². The highest BCUT2D eigenvalue weighted by atomic mass is 16.5. The van der Waals surface area contributed by atoms with Crippen LogP contribution in [0.2, 0.25) is 0 Å². The first-order valence-electron chi connectivity index (χ1n) is 10.1. The molecule has 3 aromatic rings. The van der Waals surface area contributed by atoms with Gasteiger partial charge in [-0.05, 0) is 44.2 Å². The van der Waals surface area contributed by atoms with Gasteiger partial charge in [0.15, 0.2) is 0 Å². The lowest BCUT2D eigenvalue weighted by atomic mass is 10.1. The monoisotopic (exact) mass is 408 g/mol. The molecule has 0 N–H and O–H groups in total. The molecule has 1 saturated heterocycles. The second-order valence-corrected chi connectivity index (χ2v) is 7.61. The van der Waals surface area contributed by atoms with Gasteiger partial charge in [0.05, 0.1) is 12.3 Å². The Morgan fingerprint density at radius 2 is 1.97 bits per heavy atom. The lowest BCUT2D eigenvalue weighted by Gasteiger charge is -2.32. The highest BCUT2D eigenvalue weighted by Gasteiger charge is 2.27. The molecule has 1 aromatic carbocycles. The number of carbonyl (C=O) groups is 1. The third-order valence-corrected chi connectivity index (χ3v) is 4.98. The van der Waals surface area contributed by atoms with Gasteiger partial charge in [-0.3, -0.25) is 9.78 Å². The van der Waals surface area contributed by atoms with Crippen LogP contribution < -0.4 is 15.1 Å². The second kappa shape index (κ2) is 8.57. The number of likely N-dealkylation sites (tertiary alicyclic amines) is 1. The first-order valence-corrected chi connectivity index (χ1v) is 10.1. The summed E-state index contributed by atoms with van der Waals surface area (Å²) in [5.74, 6) is 1.03. The Morgan fingerprint density at radius 3 is 2.67 bits per heavy atom. The lowest BCUT2D eigenvalue weighted by Crippen LogP contribution is -2.43. The topological polar surface area (TPSA) is 81.9 Å². The van der Waals surface area contributed by atoms with Crippen molar-refractivity contribution in [2.75, 3.05) is 13.1 Å². The molecule has 2 aromatic heterocycles. The zero-order chi connectivity index (χ0) is 21.1. The van der Waals surface area contributed by atoms with Crippen LogP contribution in [0.5, 0.6) is 11.5 Å². The maximum Gasteiger partial charge on any atom is 0.349 e. The Balaban J connectivity index is 1.45. The van der Waals surface area contributed by atoms with Gasteiger partial charge in [0.2, 0.25) is 0 Å². The van der Waals surface area contributed by atoms with Gasteiger partial charge in [-0.2, -0.15) is 0 Å². The Morgan fingerprint density at radius 1 is 1.17 bits per heavy atom. The predicted octanol–water partition coefficient (Wildman–Crippen LogP) is 3.66. The third-order valence-electron chi connectivity index (χ3n) is 4.98. The van der Waals surface area contributed by atoms with E-state index in [9.17, 15) is 9.59 Å². The van der Waals surface area contributed by atoms with Gasteiger partial charge < -0.3 is 18.8 Å². The summed E-state index contributed by atoms with van der Waals surface area (Å²) in [6.07, 6.45) is 4.78. The Hall–Kier alpha value is -3.35. The molecule has 0 radical (unpaired) electrons. The van der Waals surface area contributed by atoms with Crippen molar-refractivity contribution in [3.05, 3.63) is 64.8 Å². The van der Waals surface area contributed by atoms with Crippen molar-refractivity contribution in [2.24, 2.45) is 0 Å². The molecule has 4 rings (SSSR count). The van der Waals surface area contributed by atoms with Gasteiger partial charge in [-0.1, -0.05) is 0 Å². The average Bonchev–Trinajstić information content (AvgIpc) is 2.73. The number of benzene rings is 1. The van der Waals surface area contributed by atoms with Gasteiger partial charge in [0.1, 0.15) is 28.7 Å². The van der Waals surface area contributed by atoms with E-state index < -0.39 is 5.63 Å². The molecule has 7 nitrogen and oxygen atoms in total. The molecule has 0 bridgehead atoms.